The number of nitrogens with one attached hydrogen (secondary N) is 1. The minimum atomic E-state index is -0.633. The average molecular weight is 347 g/mol. The van der Waals surface area contributed by atoms with Crippen molar-refractivity contribution in [1.82, 2.24) is 4.98 Å². The van der Waals surface area contributed by atoms with Crippen LogP contribution in [0.2, 0.25) is 0 Å². The van der Waals surface area contributed by atoms with Gasteiger partial charge in [0.25, 0.3) is 0 Å². The Hall–Kier alpha value is -1.86. The van der Waals surface area contributed by atoms with E-state index in [1.807, 2.05) is 27.7 Å². The number of aromatic nitrogens is 1. The summed E-state index contributed by atoms with van der Waals surface area (Å²) in [5.41, 5.74) is 0.522. The molecule has 0 amide bonds. The van der Waals surface area contributed by atoms with E-state index in [1.54, 1.807) is 12.3 Å². The quantitative estimate of drug-likeness (QED) is 0.678. The summed E-state index contributed by atoms with van der Waals surface area (Å²) in [6.45, 7) is 7.82. The van der Waals surface area contributed by atoms with Crippen LogP contribution in [-0.4, -0.2) is 36.4 Å². The molecular formula is C18H23BFNO4. The van der Waals surface area contributed by atoms with Gasteiger partial charge in [0.05, 0.1) is 24.7 Å². The lowest BCUT2D eigenvalue weighted by molar-refractivity contribution is -0.140. The maximum atomic E-state index is 13.7. The number of halogens is 1. The fourth-order valence-corrected chi connectivity index (χ4v) is 3.09. The SMILES string of the molecule is COC(=O)CC(B1OC(C)(C)C(C)(C)O1)c1c[nH]c2ccc(F)cc12. The van der Waals surface area contributed by atoms with E-state index in [1.165, 1.54) is 19.2 Å². The van der Waals surface area contributed by atoms with E-state index in [2.05, 4.69) is 4.98 Å². The molecule has 1 saturated heterocycles. The van der Waals surface area contributed by atoms with Gasteiger partial charge in [-0.3, -0.25) is 4.79 Å². The van der Waals surface area contributed by atoms with E-state index in [0.29, 0.717) is 5.39 Å². The van der Waals surface area contributed by atoms with Crippen molar-refractivity contribution in [2.45, 2.75) is 51.1 Å². The van der Waals surface area contributed by atoms with Gasteiger partial charge in [0.15, 0.2) is 0 Å². The first-order valence-electron chi connectivity index (χ1n) is 8.33. The third kappa shape index (κ3) is 3.18. The zero-order valence-electron chi connectivity index (χ0n) is 15.2. The normalized spacial score (nSPS) is 20.0. The van der Waals surface area contributed by atoms with Gasteiger partial charge < -0.3 is 19.0 Å². The molecule has 2 heterocycles. The van der Waals surface area contributed by atoms with Crippen LogP contribution in [0.15, 0.2) is 24.4 Å². The minimum Gasteiger partial charge on any atom is -0.469 e. The summed E-state index contributed by atoms with van der Waals surface area (Å²) < 4.78 is 30.9. The molecule has 1 N–H and O–H groups in total. The predicted molar refractivity (Wildman–Crippen MR) is 93.7 cm³/mol. The number of methoxy groups -OCH3 is 1. The number of benzene rings is 1. The average Bonchev–Trinajstić information content (AvgIpc) is 3.02. The van der Waals surface area contributed by atoms with Gasteiger partial charge >= 0.3 is 13.1 Å². The lowest BCUT2D eigenvalue weighted by Crippen LogP contribution is -2.41. The van der Waals surface area contributed by atoms with Crippen LogP contribution in [0, 0.1) is 5.82 Å². The van der Waals surface area contributed by atoms with Crippen LogP contribution in [0.3, 0.4) is 0 Å². The number of hydrogen-bond acceptors (Lipinski definition) is 4. The summed E-state index contributed by atoms with van der Waals surface area (Å²) >= 11 is 0. The van der Waals surface area contributed by atoms with Crippen LogP contribution in [0.4, 0.5) is 4.39 Å². The summed E-state index contributed by atoms with van der Waals surface area (Å²) in [7, 11) is 0.713. The van der Waals surface area contributed by atoms with Gasteiger partial charge in [-0.1, -0.05) is 0 Å². The Kier molecular flexibility index (Phi) is 4.41. The van der Waals surface area contributed by atoms with Crippen molar-refractivity contribution in [2.24, 2.45) is 0 Å². The number of rotatable bonds is 4. The first-order chi connectivity index (χ1) is 11.6. The molecule has 0 aliphatic carbocycles. The van der Waals surface area contributed by atoms with Crippen LogP contribution >= 0.6 is 0 Å². The molecule has 7 heteroatoms. The molecular weight excluding hydrogens is 324 g/mol. The van der Waals surface area contributed by atoms with Crippen LogP contribution in [0.5, 0.6) is 0 Å². The third-order valence-electron chi connectivity index (χ3n) is 5.29. The number of fused-ring (bicyclic) bond motifs is 1. The highest BCUT2D eigenvalue weighted by molar-refractivity contribution is 6.48. The molecule has 25 heavy (non-hydrogen) atoms. The molecule has 0 saturated carbocycles. The largest absolute Gasteiger partial charge is 0.469 e. The standard InChI is InChI=1S/C18H23BFNO4/c1-17(2)18(3,4)25-19(24-17)14(9-16(22)23-5)13-10-21-15-7-6-11(20)8-12(13)15/h6-8,10,14,21H,9H2,1-5H3. The van der Waals surface area contributed by atoms with Gasteiger partial charge in [-0.25, -0.2) is 4.39 Å². The first kappa shape index (κ1) is 18.0. The first-order valence-corrected chi connectivity index (χ1v) is 8.33. The molecule has 1 atom stereocenters. The van der Waals surface area contributed by atoms with E-state index >= 15 is 0 Å². The molecule has 0 spiro atoms. The molecule has 3 rings (SSSR count). The molecule has 2 aromatic rings. The van der Waals surface area contributed by atoms with E-state index < -0.39 is 24.1 Å². The zero-order chi connectivity index (χ0) is 18.4. The Morgan fingerprint density at radius 3 is 2.52 bits per heavy atom. The highest BCUT2D eigenvalue weighted by atomic mass is 19.1. The van der Waals surface area contributed by atoms with Crippen molar-refractivity contribution >= 4 is 24.0 Å². The summed E-state index contributed by atoms with van der Waals surface area (Å²) in [6.07, 6.45) is 1.86. The van der Waals surface area contributed by atoms with E-state index in [4.69, 9.17) is 14.0 Å². The Labute approximate surface area is 147 Å². The van der Waals surface area contributed by atoms with Crippen molar-refractivity contribution in [3.8, 4) is 0 Å². The van der Waals surface area contributed by atoms with Crippen molar-refractivity contribution in [2.75, 3.05) is 7.11 Å². The van der Waals surface area contributed by atoms with Crippen molar-refractivity contribution in [3.63, 3.8) is 0 Å². The smallest absolute Gasteiger partial charge is 0.466 e. The molecule has 5 nitrogen and oxygen atoms in total. The van der Waals surface area contributed by atoms with Gasteiger partial charge in [0, 0.05) is 22.9 Å². The molecule has 1 unspecified atom stereocenters. The summed E-state index contributed by atoms with van der Waals surface area (Å²) in [5, 5.41) is 0.712. The van der Waals surface area contributed by atoms with E-state index in [9.17, 15) is 9.18 Å². The number of aromatic amines is 1. The molecule has 0 bridgehead atoms. The van der Waals surface area contributed by atoms with Crippen molar-refractivity contribution in [1.29, 1.82) is 0 Å². The number of carbonyl (C=O) groups excluding carboxylic acids is 1. The van der Waals surface area contributed by atoms with Gasteiger partial charge in [-0.15, -0.1) is 0 Å². The second-order valence-electron chi connectivity index (χ2n) is 7.45. The second kappa shape index (κ2) is 6.14. The lowest BCUT2D eigenvalue weighted by atomic mass is 9.66. The minimum absolute atomic E-state index is 0.0802. The predicted octanol–water partition coefficient (Wildman–Crippen LogP) is 3.59. The van der Waals surface area contributed by atoms with Crippen molar-refractivity contribution < 1.29 is 23.2 Å². The van der Waals surface area contributed by atoms with Crippen LogP contribution in [-0.2, 0) is 18.8 Å². The van der Waals surface area contributed by atoms with Crippen LogP contribution in [0.1, 0.15) is 45.5 Å². The zero-order valence-corrected chi connectivity index (χ0v) is 15.2. The summed E-state index contributed by atoms with van der Waals surface area (Å²) in [6, 6.07) is 4.52. The fraction of sp³-hybridized carbons (Fsp3) is 0.500. The van der Waals surface area contributed by atoms with Gasteiger partial charge in [0.1, 0.15) is 5.82 Å². The van der Waals surface area contributed by atoms with Gasteiger partial charge in [-0.05, 0) is 51.5 Å². The molecule has 1 aromatic heterocycles. The fourth-order valence-electron chi connectivity index (χ4n) is 3.09. The number of esters is 1. The molecule has 134 valence electrons. The van der Waals surface area contributed by atoms with E-state index in [0.717, 1.165) is 11.1 Å². The Balaban J connectivity index is 2.03. The van der Waals surface area contributed by atoms with E-state index in [-0.39, 0.29) is 18.2 Å². The topological polar surface area (TPSA) is 60.6 Å². The maximum Gasteiger partial charge on any atom is 0.466 e. The maximum absolute atomic E-state index is 13.7. The highest BCUT2D eigenvalue weighted by Crippen LogP contribution is 2.43. The lowest BCUT2D eigenvalue weighted by Gasteiger charge is -2.32. The van der Waals surface area contributed by atoms with Gasteiger partial charge in [0.2, 0.25) is 0 Å². The Bertz CT molecular complexity index is 785. The number of ether oxygens (including phenoxy) is 1. The Morgan fingerprint density at radius 2 is 1.92 bits per heavy atom. The number of hydrogen-bond donors (Lipinski definition) is 1. The Morgan fingerprint density at radius 1 is 1.28 bits per heavy atom. The van der Waals surface area contributed by atoms with Crippen LogP contribution < -0.4 is 0 Å². The monoisotopic (exact) mass is 347 g/mol. The molecule has 0 radical (unpaired) electrons. The third-order valence-corrected chi connectivity index (χ3v) is 5.29. The number of H-pyrrole nitrogens is 1. The number of carbonyl (C=O) groups is 1. The molecule has 1 aliphatic heterocycles. The molecule has 1 aliphatic rings. The molecule has 1 aromatic carbocycles. The summed E-state index contributed by atoms with van der Waals surface area (Å²) in [5.74, 6) is -1.12. The van der Waals surface area contributed by atoms with Crippen molar-refractivity contribution in [3.05, 3.63) is 35.8 Å². The van der Waals surface area contributed by atoms with Crippen LogP contribution in [0.25, 0.3) is 10.9 Å². The highest BCUT2D eigenvalue weighted by Gasteiger charge is 2.54. The van der Waals surface area contributed by atoms with Gasteiger partial charge in [-0.2, -0.15) is 0 Å². The second-order valence-corrected chi connectivity index (χ2v) is 7.45. The summed E-state index contributed by atoms with van der Waals surface area (Å²) in [4.78, 5) is 15.1. The molecule has 1 fully saturated rings.